The Morgan fingerprint density at radius 1 is 1.06 bits per heavy atom. The molecule has 0 aliphatic carbocycles. The van der Waals surface area contributed by atoms with E-state index in [1.807, 2.05) is 0 Å². The fraction of sp³-hybridized carbons (Fsp3) is 1.00. The van der Waals surface area contributed by atoms with Crippen molar-refractivity contribution in [3.8, 4) is 0 Å². The van der Waals surface area contributed by atoms with E-state index >= 15 is 0 Å². The van der Waals surface area contributed by atoms with E-state index in [1.165, 1.54) is 0 Å². The Morgan fingerprint density at radius 3 is 2.06 bits per heavy atom. The fourth-order valence-corrected chi connectivity index (χ4v) is 1.65. The van der Waals surface area contributed by atoms with Gasteiger partial charge in [0.05, 0.1) is 6.61 Å². The molecule has 17 heavy (non-hydrogen) atoms. The van der Waals surface area contributed by atoms with E-state index in [-0.39, 0.29) is 0 Å². The molecule has 1 aliphatic heterocycles. The number of alkyl halides is 6. The third-order valence-corrected chi connectivity index (χ3v) is 2.47. The predicted molar refractivity (Wildman–Crippen MR) is 47.5 cm³/mol. The van der Waals surface area contributed by atoms with Crippen LogP contribution in [0.3, 0.4) is 0 Å². The molecule has 0 radical (unpaired) electrons. The van der Waals surface area contributed by atoms with Crippen LogP contribution in [0.5, 0.6) is 0 Å². The van der Waals surface area contributed by atoms with Crippen LogP contribution in [0.4, 0.5) is 26.3 Å². The lowest BCUT2D eigenvalue weighted by atomic mass is 10.1. The van der Waals surface area contributed by atoms with Gasteiger partial charge in [-0.2, -0.15) is 26.3 Å². The van der Waals surface area contributed by atoms with Crippen molar-refractivity contribution in [1.82, 2.24) is 5.32 Å². The molecule has 1 heterocycles. The van der Waals surface area contributed by atoms with Crippen LogP contribution in [0.1, 0.15) is 19.3 Å². The number of rotatable bonds is 3. The van der Waals surface area contributed by atoms with Crippen molar-refractivity contribution in [1.29, 1.82) is 0 Å². The van der Waals surface area contributed by atoms with Gasteiger partial charge in [-0.25, -0.2) is 0 Å². The maximum atomic E-state index is 12.1. The minimum Gasteiger partial charge on any atom is -0.359 e. The standard InChI is InChI=1S/C9H13F6NO/c10-8(11,12)7(9(13,14)15)17-5-6-3-1-2-4-16-6/h6-7,16H,1-5H2. The third kappa shape index (κ3) is 4.71. The zero-order chi connectivity index (χ0) is 13.1. The normalized spacial score (nSPS) is 23.1. The molecule has 2 nitrogen and oxygen atoms in total. The van der Waals surface area contributed by atoms with Crippen molar-refractivity contribution >= 4 is 0 Å². The molecule has 1 fully saturated rings. The first-order chi connectivity index (χ1) is 7.71. The summed E-state index contributed by atoms with van der Waals surface area (Å²) >= 11 is 0. The Morgan fingerprint density at radius 2 is 1.65 bits per heavy atom. The van der Waals surface area contributed by atoms with Gasteiger partial charge in [0.1, 0.15) is 0 Å². The van der Waals surface area contributed by atoms with E-state index in [9.17, 15) is 26.3 Å². The lowest BCUT2D eigenvalue weighted by molar-refractivity contribution is -0.322. The van der Waals surface area contributed by atoms with E-state index in [2.05, 4.69) is 10.1 Å². The number of piperidine rings is 1. The van der Waals surface area contributed by atoms with Gasteiger partial charge < -0.3 is 10.1 Å². The van der Waals surface area contributed by atoms with Gasteiger partial charge >= 0.3 is 12.4 Å². The van der Waals surface area contributed by atoms with E-state index in [0.29, 0.717) is 13.0 Å². The van der Waals surface area contributed by atoms with E-state index in [0.717, 1.165) is 12.8 Å². The molecular weight excluding hydrogens is 252 g/mol. The summed E-state index contributed by atoms with van der Waals surface area (Å²) in [4.78, 5) is 0. The molecule has 0 aromatic heterocycles. The zero-order valence-corrected chi connectivity index (χ0v) is 8.87. The van der Waals surface area contributed by atoms with Gasteiger partial charge in [-0.1, -0.05) is 6.42 Å². The Balaban J connectivity index is 2.49. The van der Waals surface area contributed by atoms with Crippen LogP contribution in [-0.4, -0.2) is 37.7 Å². The number of hydrogen-bond acceptors (Lipinski definition) is 2. The molecule has 0 aromatic rings. The molecule has 1 atom stereocenters. The summed E-state index contributed by atoms with van der Waals surface area (Å²) < 4.78 is 76.6. The van der Waals surface area contributed by atoms with E-state index < -0.39 is 31.1 Å². The van der Waals surface area contributed by atoms with Crippen molar-refractivity contribution in [3.63, 3.8) is 0 Å². The first kappa shape index (κ1) is 14.6. The molecule has 1 rings (SSSR count). The van der Waals surface area contributed by atoms with Gasteiger partial charge in [0, 0.05) is 6.04 Å². The largest absolute Gasteiger partial charge is 0.423 e. The summed E-state index contributed by atoms with van der Waals surface area (Å²) in [5, 5.41) is 2.82. The van der Waals surface area contributed by atoms with Crippen molar-refractivity contribution in [2.45, 2.75) is 43.8 Å². The first-order valence-electron chi connectivity index (χ1n) is 5.19. The summed E-state index contributed by atoms with van der Waals surface area (Å²) in [6.07, 6.45) is -12.4. The SMILES string of the molecule is FC(F)(F)C(OCC1CCCCN1)C(F)(F)F. The van der Waals surface area contributed by atoms with Crippen LogP contribution in [0, 0.1) is 0 Å². The summed E-state index contributed by atoms with van der Waals surface area (Å²) in [5.41, 5.74) is 0. The quantitative estimate of drug-likeness (QED) is 0.792. The van der Waals surface area contributed by atoms with Crippen molar-refractivity contribution in [2.24, 2.45) is 0 Å². The monoisotopic (exact) mass is 265 g/mol. The molecular formula is C9H13F6NO. The molecule has 8 heteroatoms. The molecule has 102 valence electrons. The molecule has 0 bridgehead atoms. The summed E-state index contributed by atoms with van der Waals surface area (Å²) in [7, 11) is 0. The lowest BCUT2D eigenvalue weighted by Gasteiger charge is -2.28. The Hall–Kier alpha value is -0.500. The van der Waals surface area contributed by atoms with Crippen molar-refractivity contribution < 1.29 is 31.1 Å². The van der Waals surface area contributed by atoms with Crippen LogP contribution in [-0.2, 0) is 4.74 Å². The zero-order valence-electron chi connectivity index (χ0n) is 8.87. The highest BCUT2D eigenvalue weighted by molar-refractivity contribution is 4.78. The molecule has 1 saturated heterocycles. The molecule has 1 unspecified atom stereocenters. The number of nitrogens with one attached hydrogen (secondary N) is 1. The van der Waals surface area contributed by atoms with Crippen LogP contribution in [0.2, 0.25) is 0 Å². The maximum absolute atomic E-state index is 12.1. The molecule has 1 N–H and O–H groups in total. The van der Waals surface area contributed by atoms with Gasteiger partial charge in [0.15, 0.2) is 0 Å². The highest BCUT2D eigenvalue weighted by Gasteiger charge is 2.58. The fourth-order valence-electron chi connectivity index (χ4n) is 1.65. The summed E-state index contributed by atoms with van der Waals surface area (Å²) in [6.45, 7) is 0.0143. The summed E-state index contributed by atoms with van der Waals surface area (Å²) in [6, 6.07) is -0.434. The molecule has 0 aromatic carbocycles. The maximum Gasteiger partial charge on any atom is 0.423 e. The Labute approximate surface area is 94.3 Å². The Bertz CT molecular complexity index is 219. The van der Waals surface area contributed by atoms with Crippen molar-refractivity contribution in [2.75, 3.05) is 13.2 Å². The van der Waals surface area contributed by atoms with Gasteiger partial charge in [-0.15, -0.1) is 0 Å². The molecule has 0 saturated carbocycles. The lowest BCUT2D eigenvalue weighted by Crippen LogP contribution is -2.47. The van der Waals surface area contributed by atoms with Gasteiger partial charge in [0.25, 0.3) is 0 Å². The third-order valence-electron chi connectivity index (χ3n) is 2.47. The molecule has 0 amide bonds. The van der Waals surface area contributed by atoms with Gasteiger partial charge in [0.2, 0.25) is 6.10 Å². The smallest absolute Gasteiger partial charge is 0.359 e. The van der Waals surface area contributed by atoms with E-state index in [1.54, 1.807) is 0 Å². The van der Waals surface area contributed by atoms with E-state index in [4.69, 9.17) is 0 Å². The average molecular weight is 265 g/mol. The van der Waals surface area contributed by atoms with Crippen molar-refractivity contribution in [3.05, 3.63) is 0 Å². The molecule has 0 spiro atoms. The van der Waals surface area contributed by atoms with Crippen LogP contribution in [0.15, 0.2) is 0 Å². The predicted octanol–water partition coefficient (Wildman–Crippen LogP) is 2.64. The minimum absolute atomic E-state index is 0.434. The second kappa shape index (κ2) is 5.43. The highest BCUT2D eigenvalue weighted by atomic mass is 19.4. The molecule has 1 aliphatic rings. The topological polar surface area (TPSA) is 21.3 Å². The number of ether oxygens (including phenoxy) is 1. The Kier molecular flexibility index (Phi) is 4.65. The number of halogens is 6. The second-order valence-corrected chi connectivity index (χ2v) is 3.94. The second-order valence-electron chi connectivity index (χ2n) is 3.94. The highest BCUT2D eigenvalue weighted by Crippen LogP contribution is 2.35. The van der Waals surface area contributed by atoms with Gasteiger partial charge in [-0.05, 0) is 19.4 Å². The first-order valence-corrected chi connectivity index (χ1v) is 5.19. The summed E-state index contributed by atoms with van der Waals surface area (Å²) in [5.74, 6) is 0. The van der Waals surface area contributed by atoms with Crippen LogP contribution >= 0.6 is 0 Å². The average Bonchev–Trinajstić information content (AvgIpc) is 2.15. The van der Waals surface area contributed by atoms with Crippen LogP contribution in [0.25, 0.3) is 0 Å². The minimum atomic E-state index is -5.42. The number of hydrogen-bond donors (Lipinski definition) is 1. The van der Waals surface area contributed by atoms with Crippen LogP contribution < -0.4 is 5.32 Å². The van der Waals surface area contributed by atoms with Gasteiger partial charge in [-0.3, -0.25) is 0 Å².